The first-order valence-electron chi connectivity index (χ1n) is 7.95. The zero-order valence-electron chi connectivity index (χ0n) is 13.0. The number of carbonyl (C=O) groups excluding carboxylic acids is 1. The minimum absolute atomic E-state index is 0.00619. The zero-order chi connectivity index (χ0) is 15.5. The predicted octanol–water partition coefficient (Wildman–Crippen LogP) is 0.767. The molecule has 2 amide bonds. The maximum atomic E-state index is 12.2. The number of nitrogens with one attached hydrogen (secondary N) is 1. The van der Waals surface area contributed by atoms with E-state index in [9.17, 15) is 9.59 Å². The molecule has 1 aromatic rings. The molecule has 0 spiro atoms. The molecule has 0 saturated heterocycles. The summed E-state index contributed by atoms with van der Waals surface area (Å²) in [6, 6.07) is 3.93. The fourth-order valence-electron chi connectivity index (χ4n) is 2.92. The summed E-state index contributed by atoms with van der Waals surface area (Å²) in [6.45, 7) is 2.44. The van der Waals surface area contributed by atoms with Gasteiger partial charge in [0.25, 0.3) is 5.56 Å². The predicted molar refractivity (Wildman–Crippen MR) is 83.1 cm³/mol. The average Bonchev–Trinajstić information content (AvgIpc) is 3.32. The molecule has 22 heavy (non-hydrogen) atoms. The van der Waals surface area contributed by atoms with Crippen LogP contribution in [0.15, 0.2) is 16.9 Å². The molecule has 120 valence electrons. The van der Waals surface area contributed by atoms with Gasteiger partial charge in [0.1, 0.15) is 0 Å². The lowest BCUT2D eigenvalue weighted by molar-refractivity contribution is 0.184. The third kappa shape index (κ3) is 3.32. The molecule has 3 rings (SSSR count). The Kier molecular flexibility index (Phi) is 4.47. The van der Waals surface area contributed by atoms with Gasteiger partial charge in [-0.1, -0.05) is 6.07 Å². The van der Waals surface area contributed by atoms with Crippen molar-refractivity contribution < 1.29 is 9.53 Å². The number of hydrogen-bond donors (Lipinski definition) is 1. The van der Waals surface area contributed by atoms with Gasteiger partial charge in [0, 0.05) is 51.0 Å². The highest BCUT2D eigenvalue weighted by molar-refractivity contribution is 5.75. The van der Waals surface area contributed by atoms with E-state index in [0.717, 1.165) is 30.5 Å². The van der Waals surface area contributed by atoms with Crippen molar-refractivity contribution in [2.75, 3.05) is 26.8 Å². The highest BCUT2D eigenvalue weighted by Gasteiger charge is 2.27. The normalized spacial score (nSPS) is 17.8. The Morgan fingerprint density at radius 3 is 2.82 bits per heavy atom. The number of carbonyl (C=O) groups is 1. The van der Waals surface area contributed by atoms with Crippen LogP contribution in [0.1, 0.15) is 24.1 Å². The van der Waals surface area contributed by atoms with E-state index in [1.165, 1.54) is 0 Å². The average molecular weight is 305 g/mol. The van der Waals surface area contributed by atoms with Crippen LogP contribution >= 0.6 is 0 Å². The number of rotatable bonds is 4. The lowest BCUT2D eigenvalue weighted by Gasteiger charge is -2.20. The summed E-state index contributed by atoms with van der Waals surface area (Å²) in [7, 11) is 1.64. The van der Waals surface area contributed by atoms with Gasteiger partial charge < -0.3 is 19.5 Å². The number of pyridine rings is 1. The number of urea groups is 1. The van der Waals surface area contributed by atoms with Crippen molar-refractivity contribution in [3.63, 3.8) is 0 Å². The van der Waals surface area contributed by atoms with Crippen LogP contribution < -0.4 is 10.9 Å². The maximum Gasteiger partial charge on any atom is 0.317 e. The summed E-state index contributed by atoms with van der Waals surface area (Å²) in [4.78, 5) is 26.2. The topological polar surface area (TPSA) is 63.6 Å². The van der Waals surface area contributed by atoms with Crippen molar-refractivity contribution in [2.24, 2.45) is 0 Å². The van der Waals surface area contributed by atoms with Crippen LogP contribution in [0.2, 0.25) is 0 Å². The highest BCUT2D eigenvalue weighted by atomic mass is 16.5. The van der Waals surface area contributed by atoms with Crippen LogP contribution in [0.4, 0.5) is 4.79 Å². The molecule has 1 fully saturated rings. The van der Waals surface area contributed by atoms with E-state index < -0.39 is 0 Å². The SMILES string of the molecule is COCCn1c2c(ccc1=O)CCN(C(=O)NC1CC1)CC2. The molecule has 1 aromatic heterocycles. The Hall–Kier alpha value is -1.82. The molecule has 1 saturated carbocycles. The first kappa shape index (κ1) is 15.1. The molecule has 1 N–H and O–H groups in total. The Morgan fingerprint density at radius 2 is 2.09 bits per heavy atom. The molecule has 0 unspecified atom stereocenters. The summed E-state index contributed by atoms with van der Waals surface area (Å²) >= 11 is 0. The minimum atomic E-state index is 0.00619. The number of fused-ring (bicyclic) bond motifs is 1. The molecular weight excluding hydrogens is 282 g/mol. The quantitative estimate of drug-likeness (QED) is 0.893. The summed E-state index contributed by atoms with van der Waals surface area (Å²) in [6.07, 6.45) is 3.70. The summed E-state index contributed by atoms with van der Waals surface area (Å²) in [5.41, 5.74) is 2.22. The van der Waals surface area contributed by atoms with Crippen LogP contribution in [-0.4, -0.2) is 48.3 Å². The molecule has 0 bridgehead atoms. The van der Waals surface area contributed by atoms with Gasteiger partial charge in [-0.15, -0.1) is 0 Å². The molecule has 2 heterocycles. The van der Waals surface area contributed by atoms with Crippen molar-refractivity contribution in [1.82, 2.24) is 14.8 Å². The second-order valence-corrected chi connectivity index (χ2v) is 6.00. The largest absolute Gasteiger partial charge is 0.383 e. The molecule has 0 radical (unpaired) electrons. The van der Waals surface area contributed by atoms with Crippen molar-refractivity contribution in [3.8, 4) is 0 Å². The Labute approximate surface area is 130 Å². The third-order valence-corrected chi connectivity index (χ3v) is 4.37. The minimum Gasteiger partial charge on any atom is -0.383 e. The van der Waals surface area contributed by atoms with E-state index >= 15 is 0 Å². The Balaban J connectivity index is 1.75. The van der Waals surface area contributed by atoms with Crippen LogP contribution in [-0.2, 0) is 24.1 Å². The highest BCUT2D eigenvalue weighted by Crippen LogP contribution is 2.20. The molecule has 0 atom stereocenters. The van der Waals surface area contributed by atoms with E-state index in [1.807, 2.05) is 11.0 Å². The number of nitrogens with zero attached hydrogens (tertiary/aromatic N) is 2. The molecule has 1 aliphatic heterocycles. The van der Waals surface area contributed by atoms with E-state index in [0.29, 0.717) is 38.7 Å². The number of amides is 2. The molecular formula is C16H23N3O3. The lowest BCUT2D eigenvalue weighted by Crippen LogP contribution is -2.42. The second kappa shape index (κ2) is 6.52. The molecule has 0 aromatic carbocycles. The number of aromatic nitrogens is 1. The maximum absolute atomic E-state index is 12.2. The van der Waals surface area contributed by atoms with E-state index in [2.05, 4.69) is 5.32 Å². The van der Waals surface area contributed by atoms with Crippen LogP contribution in [0.5, 0.6) is 0 Å². The molecule has 6 heteroatoms. The van der Waals surface area contributed by atoms with Crippen LogP contribution in [0.3, 0.4) is 0 Å². The van der Waals surface area contributed by atoms with Crippen molar-refractivity contribution in [3.05, 3.63) is 33.7 Å². The fraction of sp³-hybridized carbons (Fsp3) is 0.625. The summed E-state index contributed by atoms with van der Waals surface area (Å²) in [5.74, 6) is 0. The fourth-order valence-corrected chi connectivity index (χ4v) is 2.92. The van der Waals surface area contributed by atoms with E-state index in [4.69, 9.17) is 4.74 Å². The van der Waals surface area contributed by atoms with Gasteiger partial charge in [-0.25, -0.2) is 4.79 Å². The van der Waals surface area contributed by atoms with Crippen LogP contribution in [0.25, 0.3) is 0 Å². The summed E-state index contributed by atoms with van der Waals surface area (Å²) < 4.78 is 6.89. The zero-order valence-corrected chi connectivity index (χ0v) is 13.0. The number of methoxy groups -OCH3 is 1. The van der Waals surface area contributed by atoms with E-state index in [1.54, 1.807) is 17.7 Å². The third-order valence-electron chi connectivity index (χ3n) is 4.37. The second-order valence-electron chi connectivity index (χ2n) is 6.00. The lowest BCUT2D eigenvalue weighted by atomic mass is 10.1. The molecule has 6 nitrogen and oxygen atoms in total. The van der Waals surface area contributed by atoms with Crippen LogP contribution in [0, 0.1) is 0 Å². The Bertz CT molecular complexity index is 607. The number of ether oxygens (including phenoxy) is 1. The number of hydrogen-bond acceptors (Lipinski definition) is 3. The Morgan fingerprint density at radius 1 is 1.32 bits per heavy atom. The van der Waals surface area contributed by atoms with Gasteiger partial charge in [0.15, 0.2) is 0 Å². The van der Waals surface area contributed by atoms with Gasteiger partial charge >= 0.3 is 6.03 Å². The first-order chi connectivity index (χ1) is 10.7. The van der Waals surface area contributed by atoms with Gasteiger partial charge in [-0.05, 0) is 24.8 Å². The van der Waals surface area contributed by atoms with Gasteiger partial charge in [0.2, 0.25) is 0 Å². The van der Waals surface area contributed by atoms with Gasteiger partial charge in [-0.3, -0.25) is 4.79 Å². The summed E-state index contributed by atoms with van der Waals surface area (Å²) in [5, 5.41) is 3.04. The first-order valence-corrected chi connectivity index (χ1v) is 7.95. The monoisotopic (exact) mass is 305 g/mol. The van der Waals surface area contributed by atoms with Gasteiger partial charge in [0.05, 0.1) is 6.61 Å². The molecule has 2 aliphatic rings. The van der Waals surface area contributed by atoms with E-state index in [-0.39, 0.29) is 11.6 Å². The standard InChI is InChI=1S/C16H23N3O3/c1-22-11-10-19-14-7-9-18(16(21)17-13-3-4-13)8-6-12(14)2-5-15(19)20/h2,5,13H,3-4,6-11H2,1H3,(H,17,21). The van der Waals surface area contributed by atoms with Crippen molar-refractivity contribution in [2.45, 2.75) is 38.3 Å². The van der Waals surface area contributed by atoms with Gasteiger partial charge in [-0.2, -0.15) is 0 Å². The van der Waals surface area contributed by atoms with Crippen molar-refractivity contribution >= 4 is 6.03 Å². The smallest absolute Gasteiger partial charge is 0.317 e. The van der Waals surface area contributed by atoms with Crippen molar-refractivity contribution in [1.29, 1.82) is 0 Å². The molecule has 1 aliphatic carbocycles.